The van der Waals surface area contributed by atoms with E-state index in [1.165, 1.54) is 12.1 Å². The van der Waals surface area contributed by atoms with E-state index in [-0.39, 0.29) is 11.6 Å². The maximum Gasteiger partial charge on any atom is 0.273 e. The van der Waals surface area contributed by atoms with Crippen LogP contribution >= 0.6 is 0 Å². The van der Waals surface area contributed by atoms with Crippen molar-refractivity contribution in [1.29, 1.82) is 0 Å². The number of nitro benzene ring substituents is 1. The fourth-order valence-corrected chi connectivity index (χ4v) is 2.06. The lowest BCUT2D eigenvalue weighted by Gasteiger charge is -2.16. The fraction of sp³-hybridized carbons (Fsp3) is 0.333. The van der Waals surface area contributed by atoms with Crippen LogP contribution in [0.3, 0.4) is 0 Å². The predicted octanol–water partition coefficient (Wildman–Crippen LogP) is 3.56. The molecule has 1 aromatic carbocycles. The van der Waals surface area contributed by atoms with Crippen molar-refractivity contribution in [2.75, 3.05) is 0 Å². The molecule has 0 saturated heterocycles. The SMILES string of the molecule is O=[N+]([O-])c1ccc(F)cc1[C@@H]1C=CCCC1. The van der Waals surface area contributed by atoms with Gasteiger partial charge < -0.3 is 0 Å². The molecule has 84 valence electrons. The second kappa shape index (κ2) is 4.43. The third-order valence-corrected chi connectivity index (χ3v) is 2.84. The van der Waals surface area contributed by atoms with Crippen LogP contribution in [-0.2, 0) is 0 Å². The van der Waals surface area contributed by atoms with Gasteiger partial charge in [-0.3, -0.25) is 10.1 Å². The third-order valence-electron chi connectivity index (χ3n) is 2.84. The molecule has 0 aromatic heterocycles. The lowest BCUT2D eigenvalue weighted by atomic mass is 9.88. The second-order valence-electron chi connectivity index (χ2n) is 3.93. The molecule has 16 heavy (non-hydrogen) atoms. The molecule has 0 heterocycles. The van der Waals surface area contributed by atoms with Crippen LogP contribution in [0.4, 0.5) is 10.1 Å². The van der Waals surface area contributed by atoms with Crippen molar-refractivity contribution in [1.82, 2.24) is 0 Å². The fourth-order valence-electron chi connectivity index (χ4n) is 2.06. The van der Waals surface area contributed by atoms with Crippen molar-refractivity contribution in [2.24, 2.45) is 0 Å². The van der Waals surface area contributed by atoms with E-state index < -0.39 is 10.7 Å². The first kappa shape index (κ1) is 10.8. The van der Waals surface area contributed by atoms with E-state index in [9.17, 15) is 14.5 Å². The zero-order chi connectivity index (χ0) is 11.5. The maximum absolute atomic E-state index is 13.1. The van der Waals surface area contributed by atoms with E-state index in [0.29, 0.717) is 5.56 Å². The molecule has 2 rings (SSSR count). The highest BCUT2D eigenvalue weighted by atomic mass is 19.1. The lowest BCUT2D eigenvalue weighted by molar-refractivity contribution is -0.385. The van der Waals surface area contributed by atoms with E-state index in [4.69, 9.17) is 0 Å². The van der Waals surface area contributed by atoms with Crippen molar-refractivity contribution in [3.8, 4) is 0 Å². The van der Waals surface area contributed by atoms with Crippen LogP contribution in [0, 0.1) is 15.9 Å². The van der Waals surface area contributed by atoms with Gasteiger partial charge in [-0.1, -0.05) is 12.2 Å². The molecule has 1 aliphatic carbocycles. The molecule has 0 spiro atoms. The zero-order valence-corrected chi connectivity index (χ0v) is 8.73. The molecule has 0 unspecified atom stereocenters. The van der Waals surface area contributed by atoms with E-state index in [0.717, 1.165) is 25.3 Å². The van der Waals surface area contributed by atoms with Gasteiger partial charge in [-0.05, 0) is 31.4 Å². The molecule has 3 nitrogen and oxygen atoms in total. The molecule has 0 amide bonds. The maximum atomic E-state index is 13.1. The van der Waals surface area contributed by atoms with Crippen LogP contribution in [0.2, 0.25) is 0 Å². The van der Waals surface area contributed by atoms with E-state index in [1.807, 2.05) is 12.2 Å². The molecule has 0 fully saturated rings. The minimum atomic E-state index is -0.447. The minimum absolute atomic E-state index is 0.0120. The topological polar surface area (TPSA) is 43.1 Å². The Hall–Kier alpha value is -1.71. The Morgan fingerprint density at radius 3 is 2.88 bits per heavy atom. The van der Waals surface area contributed by atoms with Crippen molar-refractivity contribution in [3.63, 3.8) is 0 Å². The molecule has 4 heteroatoms. The molecule has 0 N–H and O–H groups in total. The first-order valence-corrected chi connectivity index (χ1v) is 5.29. The summed E-state index contributed by atoms with van der Waals surface area (Å²) in [4.78, 5) is 10.4. The Morgan fingerprint density at radius 1 is 1.44 bits per heavy atom. The van der Waals surface area contributed by atoms with Gasteiger partial charge in [0.05, 0.1) is 4.92 Å². The number of nitrogens with zero attached hydrogens (tertiary/aromatic N) is 1. The monoisotopic (exact) mass is 221 g/mol. The number of benzene rings is 1. The summed E-state index contributed by atoms with van der Waals surface area (Å²) < 4.78 is 13.1. The summed E-state index contributed by atoms with van der Waals surface area (Å²) in [6.45, 7) is 0. The molecule has 0 radical (unpaired) electrons. The summed E-state index contributed by atoms with van der Waals surface area (Å²) in [7, 11) is 0. The van der Waals surface area contributed by atoms with Gasteiger partial charge in [0, 0.05) is 17.5 Å². The van der Waals surface area contributed by atoms with Crippen molar-refractivity contribution >= 4 is 5.69 Å². The second-order valence-corrected chi connectivity index (χ2v) is 3.93. The van der Waals surface area contributed by atoms with Gasteiger partial charge >= 0.3 is 0 Å². The highest BCUT2D eigenvalue weighted by Gasteiger charge is 2.21. The molecule has 1 atom stereocenters. The Morgan fingerprint density at radius 2 is 2.25 bits per heavy atom. The molecule has 1 aromatic rings. The summed E-state index contributed by atoms with van der Waals surface area (Å²) in [5.41, 5.74) is 0.499. The van der Waals surface area contributed by atoms with Gasteiger partial charge in [0.1, 0.15) is 5.82 Å². The summed E-state index contributed by atoms with van der Waals surface area (Å²) in [6.07, 6.45) is 6.78. The number of hydrogen-bond acceptors (Lipinski definition) is 2. The number of halogens is 1. The van der Waals surface area contributed by atoms with Crippen molar-refractivity contribution in [3.05, 3.63) is 51.8 Å². The van der Waals surface area contributed by atoms with Crippen LogP contribution in [0.25, 0.3) is 0 Å². The molecule has 0 saturated carbocycles. The van der Waals surface area contributed by atoms with Crippen molar-refractivity contribution < 1.29 is 9.31 Å². The standard InChI is InChI=1S/C12H12FNO2/c13-10-6-7-12(14(15)16)11(8-10)9-4-2-1-3-5-9/h2,4,6-9H,1,3,5H2/t9-/m1/s1. The smallest absolute Gasteiger partial charge is 0.258 e. The molecule has 0 bridgehead atoms. The van der Waals surface area contributed by atoms with Gasteiger partial charge in [0.25, 0.3) is 5.69 Å². The van der Waals surface area contributed by atoms with Crippen LogP contribution < -0.4 is 0 Å². The largest absolute Gasteiger partial charge is 0.273 e. The summed E-state index contributed by atoms with van der Waals surface area (Å²) in [5, 5.41) is 10.8. The molecular weight excluding hydrogens is 209 g/mol. The van der Waals surface area contributed by atoms with Crippen LogP contribution in [0.15, 0.2) is 30.4 Å². The third kappa shape index (κ3) is 2.10. The predicted molar refractivity (Wildman–Crippen MR) is 58.8 cm³/mol. The molecule has 1 aliphatic rings. The van der Waals surface area contributed by atoms with Gasteiger partial charge in [-0.2, -0.15) is 0 Å². The van der Waals surface area contributed by atoms with Crippen molar-refractivity contribution in [2.45, 2.75) is 25.2 Å². The quantitative estimate of drug-likeness (QED) is 0.435. The summed E-state index contributed by atoms with van der Waals surface area (Å²) in [6, 6.07) is 3.65. The highest BCUT2D eigenvalue weighted by Crippen LogP contribution is 2.34. The van der Waals surface area contributed by atoms with Crippen LogP contribution in [0.1, 0.15) is 30.7 Å². The summed E-state index contributed by atoms with van der Waals surface area (Å²) >= 11 is 0. The van der Waals surface area contributed by atoms with Gasteiger partial charge in [-0.15, -0.1) is 0 Å². The Labute approximate surface area is 92.7 Å². The van der Waals surface area contributed by atoms with Gasteiger partial charge in [0.15, 0.2) is 0 Å². The minimum Gasteiger partial charge on any atom is -0.258 e. The normalized spacial score (nSPS) is 19.7. The molecule has 0 aliphatic heterocycles. The number of allylic oxidation sites excluding steroid dienone is 2. The zero-order valence-electron chi connectivity index (χ0n) is 8.73. The number of nitro groups is 1. The summed E-state index contributed by atoms with van der Waals surface area (Å²) in [5.74, 6) is -0.440. The van der Waals surface area contributed by atoms with Gasteiger partial charge in [0.2, 0.25) is 0 Å². The van der Waals surface area contributed by atoms with Crippen LogP contribution in [0.5, 0.6) is 0 Å². The van der Waals surface area contributed by atoms with E-state index in [2.05, 4.69) is 0 Å². The first-order chi connectivity index (χ1) is 7.68. The molecular formula is C12H12FNO2. The van der Waals surface area contributed by atoms with E-state index in [1.54, 1.807) is 0 Å². The Kier molecular flexibility index (Phi) is 2.99. The Balaban J connectivity index is 2.44. The Bertz CT molecular complexity index is 443. The number of hydrogen-bond donors (Lipinski definition) is 0. The lowest BCUT2D eigenvalue weighted by Crippen LogP contribution is -2.04. The average molecular weight is 221 g/mol. The first-order valence-electron chi connectivity index (χ1n) is 5.29. The average Bonchev–Trinajstić information content (AvgIpc) is 2.29. The highest BCUT2D eigenvalue weighted by molar-refractivity contribution is 5.44. The van der Waals surface area contributed by atoms with Gasteiger partial charge in [-0.25, -0.2) is 4.39 Å². The van der Waals surface area contributed by atoms with E-state index >= 15 is 0 Å². The van der Waals surface area contributed by atoms with Crippen LogP contribution in [-0.4, -0.2) is 4.92 Å². The number of rotatable bonds is 2.